The van der Waals surface area contributed by atoms with Crippen molar-refractivity contribution in [3.8, 4) is 0 Å². The monoisotopic (exact) mass is 400 g/mol. The van der Waals surface area contributed by atoms with Gasteiger partial charge in [-0.3, -0.25) is 3.63 Å². The Bertz CT molecular complexity index is 453. The molecule has 0 spiro atoms. The maximum Gasteiger partial charge on any atom is 0.0199 e. The molecule has 0 aromatic rings. The summed E-state index contributed by atoms with van der Waals surface area (Å²) in [5.41, 5.74) is 0. The molecule has 0 saturated heterocycles. The first kappa shape index (κ1) is 20.0. The molecule has 154 valence electrons. The lowest BCUT2D eigenvalue weighted by molar-refractivity contribution is 0.550. The van der Waals surface area contributed by atoms with Crippen molar-refractivity contribution in [3.63, 3.8) is 0 Å². The molecule has 4 aliphatic carbocycles. The van der Waals surface area contributed by atoms with E-state index in [1.54, 1.807) is 0 Å². The van der Waals surface area contributed by atoms with Crippen molar-refractivity contribution >= 4 is 20.6 Å². The highest BCUT2D eigenvalue weighted by molar-refractivity contribution is 8.42. The highest BCUT2D eigenvalue weighted by atomic mass is 32.3. The average Bonchev–Trinajstić information content (AvgIpc) is 3.43. The van der Waals surface area contributed by atoms with Crippen molar-refractivity contribution in [1.29, 1.82) is 0 Å². The van der Waals surface area contributed by atoms with Crippen molar-refractivity contribution in [2.24, 2.45) is 0 Å². The first-order valence-electron chi connectivity index (χ1n) is 11.7. The average molecular weight is 401 g/mol. The topological polar surface area (TPSA) is 9.23 Å². The van der Waals surface area contributed by atoms with Gasteiger partial charge in [0.25, 0.3) is 0 Å². The fraction of sp³-hybridized carbons (Fsp3) is 1.00. The molecule has 0 amide bonds. The highest BCUT2D eigenvalue weighted by Crippen LogP contribution is 2.78. The van der Waals surface area contributed by atoms with Crippen LogP contribution in [-0.2, 0) is 3.63 Å². The molecule has 4 saturated carbocycles. The largest absolute Gasteiger partial charge is 0.290 e. The van der Waals surface area contributed by atoms with Crippen molar-refractivity contribution in [1.82, 2.24) is 0 Å². The quantitative estimate of drug-likeness (QED) is 0.441. The van der Waals surface area contributed by atoms with Gasteiger partial charge in [-0.25, -0.2) is 0 Å². The fourth-order valence-corrected chi connectivity index (χ4v) is 17.5. The summed E-state index contributed by atoms with van der Waals surface area (Å²) >= 11 is 0. The van der Waals surface area contributed by atoms with E-state index < -0.39 is 20.6 Å². The van der Waals surface area contributed by atoms with Gasteiger partial charge in [0.05, 0.1) is 0 Å². The summed E-state index contributed by atoms with van der Waals surface area (Å²) in [4.78, 5) is 0. The van der Waals surface area contributed by atoms with Crippen molar-refractivity contribution < 1.29 is 3.63 Å². The van der Waals surface area contributed by atoms with Gasteiger partial charge in [-0.05, 0) is 70.8 Å². The van der Waals surface area contributed by atoms with E-state index in [1.807, 2.05) is 0 Å². The molecule has 4 rings (SSSR count). The Hall–Kier alpha value is 0.660. The minimum atomic E-state index is -0.991. The van der Waals surface area contributed by atoms with Gasteiger partial charge >= 0.3 is 0 Å². The second-order valence-electron chi connectivity index (χ2n) is 10.3. The molecule has 1 unspecified atom stereocenters. The Kier molecular flexibility index (Phi) is 6.00. The van der Waals surface area contributed by atoms with Crippen LogP contribution in [-0.4, -0.2) is 33.0 Å². The van der Waals surface area contributed by atoms with Crippen LogP contribution in [0.3, 0.4) is 0 Å². The van der Waals surface area contributed by atoms with E-state index in [4.69, 9.17) is 3.63 Å². The molecular formula is C23H44OS2. The summed E-state index contributed by atoms with van der Waals surface area (Å²) in [7, 11) is -1.92. The first-order chi connectivity index (χ1) is 12.5. The van der Waals surface area contributed by atoms with E-state index >= 15 is 0 Å². The molecule has 0 radical (unpaired) electrons. The van der Waals surface area contributed by atoms with Gasteiger partial charge in [0.2, 0.25) is 0 Å². The Balaban J connectivity index is 1.67. The Morgan fingerprint density at radius 2 is 1.00 bits per heavy atom. The van der Waals surface area contributed by atoms with Crippen molar-refractivity contribution in [2.75, 3.05) is 12.5 Å². The van der Waals surface area contributed by atoms with Crippen LogP contribution < -0.4 is 0 Å². The van der Waals surface area contributed by atoms with Crippen LogP contribution in [0, 0.1) is 0 Å². The minimum absolute atomic E-state index is 0.507. The zero-order valence-electron chi connectivity index (χ0n) is 17.8. The highest BCUT2D eigenvalue weighted by Gasteiger charge is 2.53. The smallest absolute Gasteiger partial charge is 0.0199 e. The lowest BCUT2D eigenvalue weighted by Gasteiger charge is -2.60. The second kappa shape index (κ2) is 7.82. The lowest BCUT2D eigenvalue weighted by atomic mass is 10.1. The predicted octanol–water partition coefficient (Wildman–Crippen LogP) is 7.86. The van der Waals surface area contributed by atoms with Crippen LogP contribution in [0.25, 0.3) is 0 Å². The molecule has 4 aliphatic rings. The van der Waals surface area contributed by atoms with Gasteiger partial charge in [0.15, 0.2) is 0 Å². The molecule has 0 aromatic heterocycles. The zero-order valence-corrected chi connectivity index (χ0v) is 19.4. The molecular weight excluding hydrogens is 356 g/mol. The van der Waals surface area contributed by atoms with Crippen molar-refractivity contribution in [2.45, 2.75) is 130 Å². The van der Waals surface area contributed by atoms with Gasteiger partial charge in [0, 0.05) is 20.5 Å². The number of rotatable bonds is 6. The second-order valence-corrected chi connectivity index (χ2v) is 17.6. The first-order valence-corrected chi connectivity index (χ1v) is 15.8. The summed E-state index contributed by atoms with van der Waals surface area (Å²) in [6.45, 7) is 2.65. The Morgan fingerprint density at radius 1 is 0.615 bits per heavy atom. The summed E-state index contributed by atoms with van der Waals surface area (Å²) in [6.07, 6.45) is 28.8. The summed E-state index contributed by atoms with van der Waals surface area (Å²) in [5, 5.41) is 2.74. The van der Waals surface area contributed by atoms with Crippen LogP contribution >= 0.6 is 20.6 Å². The van der Waals surface area contributed by atoms with Crippen LogP contribution in [0.1, 0.15) is 110 Å². The molecule has 26 heavy (non-hydrogen) atoms. The molecule has 0 heterocycles. The molecule has 1 atom stereocenters. The number of hydrogen-bond donors (Lipinski definition) is 0. The Labute approximate surface area is 166 Å². The third-order valence-corrected chi connectivity index (χ3v) is 18.8. The molecule has 4 fully saturated rings. The van der Waals surface area contributed by atoms with Gasteiger partial charge in [-0.1, -0.05) is 51.4 Å². The normalized spacial score (nSPS) is 32.9. The van der Waals surface area contributed by atoms with Gasteiger partial charge < -0.3 is 0 Å². The molecule has 0 aromatic carbocycles. The fourth-order valence-electron chi connectivity index (χ4n) is 6.81. The summed E-state index contributed by atoms with van der Waals surface area (Å²) in [5.74, 6) is 0. The van der Waals surface area contributed by atoms with Crippen LogP contribution in [0.5, 0.6) is 0 Å². The predicted molar refractivity (Wildman–Crippen MR) is 122 cm³/mol. The van der Waals surface area contributed by atoms with Crippen LogP contribution in [0.15, 0.2) is 0 Å². The van der Waals surface area contributed by atoms with Gasteiger partial charge in [-0.15, -0.1) is 20.6 Å². The van der Waals surface area contributed by atoms with Gasteiger partial charge in [0.1, 0.15) is 0 Å². The maximum atomic E-state index is 7.83. The minimum Gasteiger partial charge on any atom is -0.290 e. The SMILES string of the molecule is CC1(S(C)(OS(C)(C2CCCC2)C2CCCC2)C2CCCC2)CCCC1. The summed E-state index contributed by atoms with van der Waals surface area (Å²) in [6, 6.07) is 0. The van der Waals surface area contributed by atoms with E-state index in [9.17, 15) is 0 Å². The molecule has 0 bridgehead atoms. The van der Waals surface area contributed by atoms with Gasteiger partial charge in [-0.2, -0.15) is 0 Å². The maximum absolute atomic E-state index is 7.83. The summed E-state index contributed by atoms with van der Waals surface area (Å²) < 4.78 is 8.34. The van der Waals surface area contributed by atoms with Crippen LogP contribution in [0.4, 0.5) is 0 Å². The lowest BCUT2D eigenvalue weighted by Crippen LogP contribution is -2.39. The zero-order chi connectivity index (χ0) is 18.3. The Morgan fingerprint density at radius 3 is 1.42 bits per heavy atom. The van der Waals surface area contributed by atoms with E-state index in [-0.39, 0.29) is 0 Å². The molecule has 0 aliphatic heterocycles. The third kappa shape index (κ3) is 3.41. The molecule has 0 N–H and O–H groups in total. The standard InChI is InChI=1S/C23H44OS2/c1-23(18-10-11-19-23)26(3,22-16-8-9-17-22)24-25(2,20-12-4-5-13-20)21-14-6-7-15-21/h20-22H,4-19H2,1-3H3. The number of hydrogen-bond acceptors (Lipinski definition) is 1. The van der Waals surface area contributed by atoms with Crippen molar-refractivity contribution in [3.05, 3.63) is 0 Å². The molecule has 3 heteroatoms. The van der Waals surface area contributed by atoms with E-state index in [2.05, 4.69) is 19.4 Å². The van der Waals surface area contributed by atoms with E-state index in [0.29, 0.717) is 4.75 Å². The van der Waals surface area contributed by atoms with Crippen LogP contribution in [0.2, 0.25) is 0 Å². The third-order valence-electron chi connectivity index (χ3n) is 8.79. The molecule has 1 nitrogen and oxygen atoms in total. The van der Waals surface area contributed by atoms with E-state index in [1.165, 1.54) is 103 Å². The van der Waals surface area contributed by atoms with E-state index in [0.717, 1.165) is 15.7 Å².